The maximum absolute atomic E-state index is 13.6. The number of hydrogen-bond acceptors (Lipinski definition) is 4. The molecule has 0 radical (unpaired) electrons. The number of halogens is 1. The summed E-state index contributed by atoms with van der Waals surface area (Å²) >= 11 is 1.67. The molecule has 0 aromatic heterocycles. The van der Waals surface area contributed by atoms with E-state index in [4.69, 9.17) is 4.74 Å². The average molecular weight is 269 g/mol. The Morgan fingerprint density at radius 2 is 2.33 bits per heavy atom. The second kappa shape index (κ2) is 5.61. The first kappa shape index (κ1) is 13.2. The number of para-hydroxylation sites is 1. The lowest BCUT2D eigenvalue weighted by atomic mass is 9.98. The monoisotopic (exact) mass is 269 g/mol. The van der Waals surface area contributed by atoms with Gasteiger partial charge in [-0.25, -0.2) is 9.18 Å². The third-order valence-electron chi connectivity index (χ3n) is 2.94. The number of thioether (sulfide) groups is 1. The molecule has 0 aliphatic carbocycles. The normalized spacial score (nSPS) is 22.8. The van der Waals surface area contributed by atoms with Crippen LogP contribution in [0.5, 0.6) is 0 Å². The highest BCUT2D eigenvalue weighted by molar-refractivity contribution is 7.99. The number of ether oxygens (including phenoxy) is 1. The molecule has 98 valence electrons. The molecule has 1 atom stereocenters. The van der Waals surface area contributed by atoms with E-state index in [2.05, 4.69) is 5.32 Å². The van der Waals surface area contributed by atoms with Crippen LogP contribution in [0.4, 0.5) is 10.1 Å². The first-order valence-electron chi connectivity index (χ1n) is 5.95. The number of carbonyl (C=O) groups is 1. The van der Waals surface area contributed by atoms with E-state index in [9.17, 15) is 9.18 Å². The van der Waals surface area contributed by atoms with Gasteiger partial charge in [0.05, 0.1) is 12.3 Å². The van der Waals surface area contributed by atoms with E-state index in [1.165, 1.54) is 6.07 Å². The second-order valence-corrected chi connectivity index (χ2v) is 5.32. The standard InChI is InChI=1S/C13H16FNO2S/c1-2-17-12(16)13(7-8-18-9-13)15-11-6-4-3-5-10(11)14/h3-6,15H,2,7-9H2,1H3. The third-order valence-corrected chi connectivity index (χ3v) is 4.13. The molecular weight excluding hydrogens is 253 g/mol. The van der Waals surface area contributed by atoms with Gasteiger partial charge in [0.25, 0.3) is 0 Å². The molecule has 1 N–H and O–H groups in total. The lowest BCUT2D eigenvalue weighted by Crippen LogP contribution is -2.48. The molecule has 0 bridgehead atoms. The summed E-state index contributed by atoms with van der Waals surface area (Å²) in [5.74, 6) is 0.844. The molecule has 1 fully saturated rings. The van der Waals surface area contributed by atoms with E-state index >= 15 is 0 Å². The van der Waals surface area contributed by atoms with Gasteiger partial charge < -0.3 is 10.1 Å². The smallest absolute Gasteiger partial charge is 0.332 e. The highest BCUT2D eigenvalue weighted by atomic mass is 32.2. The van der Waals surface area contributed by atoms with E-state index in [0.29, 0.717) is 24.5 Å². The summed E-state index contributed by atoms with van der Waals surface area (Å²) in [5, 5.41) is 3.04. The molecule has 1 aliphatic rings. The van der Waals surface area contributed by atoms with Crippen molar-refractivity contribution in [1.29, 1.82) is 0 Å². The van der Waals surface area contributed by atoms with Gasteiger partial charge in [-0.05, 0) is 31.2 Å². The van der Waals surface area contributed by atoms with Crippen LogP contribution in [0.1, 0.15) is 13.3 Å². The minimum absolute atomic E-state index is 0.293. The number of esters is 1. The van der Waals surface area contributed by atoms with Crippen LogP contribution in [-0.2, 0) is 9.53 Å². The molecule has 1 aromatic carbocycles. The summed E-state index contributed by atoms with van der Waals surface area (Å²) in [7, 11) is 0. The van der Waals surface area contributed by atoms with E-state index in [0.717, 1.165) is 5.75 Å². The Morgan fingerprint density at radius 3 is 2.94 bits per heavy atom. The molecule has 1 unspecified atom stereocenters. The molecule has 5 heteroatoms. The van der Waals surface area contributed by atoms with Crippen molar-refractivity contribution in [2.24, 2.45) is 0 Å². The Morgan fingerprint density at radius 1 is 1.56 bits per heavy atom. The van der Waals surface area contributed by atoms with E-state index < -0.39 is 5.54 Å². The quantitative estimate of drug-likeness (QED) is 0.853. The number of benzene rings is 1. The van der Waals surface area contributed by atoms with E-state index in [-0.39, 0.29) is 11.8 Å². The highest BCUT2D eigenvalue weighted by Crippen LogP contribution is 2.33. The predicted octanol–water partition coefficient (Wildman–Crippen LogP) is 2.68. The maximum Gasteiger partial charge on any atom is 0.332 e. The lowest BCUT2D eigenvalue weighted by molar-refractivity contribution is -0.147. The number of anilines is 1. The lowest BCUT2D eigenvalue weighted by Gasteiger charge is -2.28. The molecule has 1 saturated heterocycles. The van der Waals surface area contributed by atoms with Crippen LogP contribution < -0.4 is 5.32 Å². The molecule has 3 nitrogen and oxygen atoms in total. The van der Waals surface area contributed by atoms with Gasteiger partial charge in [-0.3, -0.25) is 0 Å². The zero-order valence-corrected chi connectivity index (χ0v) is 11.1. The fraction of sp³-hybridized carbons (Fsp3) is 0.462. The van der Waals surface area contributed by atoms with Crippen LogP contribution in [0.2, 0.25) is 0 Å². The van der Waals surface area contributed by atoms with Gasteiger partial charge in [-0.1, -0.05) is 12.1 Å². The molecule has 0 amide bonds. The van der Waals surface area contributed by atoms with Crippen molar-refractivity contribution >= 4 is 23.4 Å². The van der Waals surface area contributed by atoms with Crippen molar-refractivity contribution in [2.45, 2.75) is 18.9 Å². The van der Waals surface area contributed by atoms with Crippen molar-refractivity contribution in [3.63, 3.8) is 0 Å². The van der Waals surface area contributed by atoms with Crippen LogP contribution >= 0.6 is 11.8 Å². The van der Waals surface area contributed by atoms with Crippen molar-refractivity contribution in [1.82, 2.24) is 0 Å². The van der Waals surface area contributed by atoms with Crippen LogP contribution in [0, 0.1) is 5.82 Å². The molecule has 18 heavy (non-hydrogen) atoms. The van der Waals surface area contributed by atoms with Crippen molar-refractivity contribution in [3.8, 4) is 0 Å². The van der Waals surface area contributed by atoms with Crippen LogP contribution in [0.15, 0.2) is 24.3 Å². The SMILES string of the molecule is CCOC(=O)C1(Nc2ccccc2F)CCSC1. The Hall–Kier alpha value is -1.23. The van der Waals surface area contributed by atoms with Gasteiger partial charge >= 0.3 is 5.97 Å². The van der Waals surface area contributed by atoms with Crippen molar-refractivity contribution in [2.75, 3.05) is 23.4 Å². The fourth-order valence-electron chi connectivity index (χ4n) is 1.97. The number of hydrogen-bond donors (Lipinski definition) is 1. The maximum atomic E-state index is 13.6. The number of nitrogens with one attached hydrogen (secondary N) is 1. The van der Waals surface area contributed by atoms with E-state index in [1.807, 2.05) is 0 Å². The first-order valence-corrected chi connectivity index (χ1v) is 7.11. The zero-order valence-electron chi connectivity index (χ0n) is 10.2. The average Bonchev–Trinajstić information content (AvgIpc) is 2.82. The molecule has 1 aliphatic heterocycles. The predicted molar refractivity (Wildman–Crippen MR) is 71.3 cm³/mol. The molecule has 2 rings (SSSR count). The molecular formula is C13H16FNO2S. The summed E-state index contributed by atoms with van der Waals surface area (Å²) in [4.78, 5) is 12.1. The van der Waals surface area contributed by atoms with Crippen molar-refractivity contribution in [3.05, 3.63) is 30.1 Å². The Bertz CT molecular complexity index is 433. The number of rotatable bonds is 4. The highest BCUT2D eigenvalue weighted by Gasteiger charge is 2.43. The summed E-state index contributed by atoms with van der Waals surface area (Å²) in [5.41, 5.74) is -0.434. The largest absolute Gasteiger partial charge is 0.464 e. The topological polar surface area (TPSA) is 38.3 Å². The summed E-state index contributed by atoms with van der Waals surface area (Å²) in [6.45, 7) is 2.11. The molecule has 0 spiro atoms. The molecule has 1 heterocycles. The second-order valence-electron chi connectivity index (χ2n) is 4.21. The fourth-order valence-corrected chi connectivity index (χ4v) is 3.29. The van der Waals surface area contributed by atoms with Gasteiger partial charge in [0.2, 0.25) is 0 Å². The van der Waals surface area contributed by atoms with Crippen LogP contribution in [0.3, 0.4) is 0 Å². The van der Waals surface area contributed by atoms with Gasteiger partial charge in [-0.2, -0.15) is 11.8 Å². The third kappa shape index (κ3) is 2.61. The van der Waals surface area contributed by atoms with Gasteiger partial charge in [-0.15, -0.1) is 0 Å². The minimum Gasteiger partial charge on any atom is -0.464 e. The molecule has 1 aromatic rings. The van der Waals surface area contributed by atoms with Gasteiger partial charge in [0.1, 0.15) is 11.4 Å². The number of carbonyl (C=O) groups excluding carboxylic acids is 1. The summed E-state index contributed by atoms with van der Waals surface area (Å²) in [6, 6.07) is 6.38. The zero-order chi connectivity index (χ0) is 13.0. The summed E-state index contributed by atoms with van der Waals surface area (Å²) < 4.78 is 18.7. The summed E-state index contributed by atoms with van der Waals surface area (Å²) in [6.07, 6.45) is 0.658. The first-order chi connectivity index (χ1) is 8.68. The molecule has 0 saturated carbocycles. The Labute approximate surface area is 110 Å². The van der Waals surface area contributed by atoms with Gasteiger partial charge in [0, 0.05) is 5.75 Å². The van der Waals surface area contributed by atoms with Crippen LogP contribution in [-0.4, -0.2) is 29.6 Å². The van der Waals surface area contributed by atoms with Crippen LogP contribution in [0.25, 0.3) is 0 Å². The van der Waals surface area contributed by atoms with Gasteiger partial charge in [0.15, 0.2) is 0 Å². The van der Waals surface area contributed by atoms with E-state index in [1.54, 1.807) is 36.9 Å². The Kier molecular flexibility index (Phi) is 4.11. The Balaban J connectivity index is 2.21. The van der Waals surface area contributed by atoms with Crippen molar-refractivity contribution < 1.29 is 13.9 Å². The minimum atomic E-state index is -0.789.